The third-order valence-corrected chi connectivity index (χ3v) is 6.53. The highest BCUT2D eigenvalue weighted by Crippen LogP contribution is 2.29. The zero-order valence-corrected chi connectivity index (χ0v) is 19.6. The highest BCUT2D eigenvalue weighted by Gasteiger charge is 2.21. The number of likely N-dealkylation sites (tertiary alicyclic amines) is 1. The van der Waals surface area contributed by atoms with Crippen molar-refractivity contribution in [3.8, 4) is 5.75 Å². The van der Waals surface area contributed by atoms with Gasteiger partial charge in [0.25, 0.3) is 5.91 Å². The molecule has 1 aliphatic heterocycles. The molecule has 2 aromatic rings. The average Bonchev–Trinajstić information content (AvgIpc) is 2.75. The predicted molar refractivity (Wildman–Crippen MR) is 122 cm³/mol. The fourth-order valence-corrected chi connectivity index (χ4v) is 4.42. The summed E-state index contributed by atoms with van der Waals surface area (Å²) in [5.74, 6) is 0.757. The van der Waals surface area contributed by atoms with Crippen molar-refractivity contribution in [3.63, 3.8) is 0 Å². The van der Waals surface area contributed by atoms with Crippen LogP contribution < -0.4 is 4.74 Å². The Morgan fingerprint density at radius 1 is 1.19 bits per heavy atom. The first-order chi connectivity index (χ1) is 14.8. The lowest BCUT2D eigenvalue weighted by Gasteiger charge is -2.32. The molecule has 7 heteroatoms. The summed E-state index contributed by atoms with van der Waals surface area (Å²) in [6.45, 7) is 0.199. The Labute approximate surface area is 191 Å². The van der Waals surface area contributed by atoms with Crippen molar-refractivity contribution < 1.29 is 18.3 Å². The first kappa shape index (κ1) is 23.7. The first-order valence-corrected chi connectivity index (χ1v) is 11.4. The molecule has 0 atom stereocenters. The third-order valence-electron chi connectivity index (χ3n) is 5.75. The number of piperidine rings is 1. The number of rotatable bonds is 8. The molecule has 1 amide bonds. The zero-order chi connectivity index (χ0) is 22.4. The van der Waals surface area contributed by atoms with Crippen LogP contribution >= 0.6 is 15.9 Å². The molecule has 3 rings (SSSR count). The highest BCUT2D eigenvalue weighted by molar-refractivity contribution is 9.10. The summed E-state index contributed by atoms with van der Waals surface area (Å²) in [6, 6.07) is 12.9. The fraction of sp³-hybridized carbons (Fsp3) is 0.458. The summed E-state index contributed by atoms with van der Waals surface area (Å²) in [5, 5.41) is 0. The van der Waals surface area contributed by atoms with Gasteiger partial charge in [0, 0.05) is 30.7 Å². The summed E-state index contributed by atoms with van der Waals surface area (Å²) in [6.07, 6.45) is 3.92. The molecule has 2 aromatic carbocycles. The summed E-state index contributed by atoms with van der Waals surface area (Å²) >= 11 is 3.53. The van der Waals surface area contributed by atoms with E-state index in [1.807, 2.05) is 18.2 Å². The van der Waals surface area contributed by atoms with Crippen molar-refractivity contribution in [3.05, 3.63) is 63.6 Å². The van der Waals surface area contributed by atoms with Crippen LogP contribution in [0.25, 0.3) is 0 Å². The van der Waals surface area contributed by atoms with Crippen molar-refractivity contribution in [2.45, 2.75) is 32.3 Å². The van der Waals surface area contributed by atoms with Gasteiger partial charge in [-0.1, -0.05) is 28.1 Å². The second-order valence-corrected chi connectivity index (χ2v) is 9.13. The minimum Gasteiger partial charge on any atom is -0.435 e. The van der Waals surface area contributed by atoms with Gasteiger partial charge in [0.05, 0.1) is 0 Å². The van der Waals surface area contributed by atoms with Crippen molar-refractivity contribution in [1.82, 2.24) is 9.80 Å². The third kappa shape index (κ3) is 7.01. The number of nitrogens with zero attached hydrogens (tertiary/aromatic N) is 2. The van der Waals surface area contributed by atoms with Crippen molar-refractivity contribution in [2.24, 2.45) is 5.92 Å². The lowest BCUT2D eigenvalue weighted by Crippen LogP contribution is -2.35. The number of benzene rings is 2. The summed E-state index contributed by atoms with van der Waals surface area (Å²) in [4.78, 5) is 16.2. The van der Waals surface area contributed by atoms with Gasteiger partial charge in [-0.05, 0) is 86.1 Å². The summed E-state index contributed by atoms with van der Waals surface area (Å²) < 4.78 is 30.5. The zero-order valence-electron chi connectivity index (χ0n) is 18.0. The number of alkyl halides is 2. The molecule has 31 heavy (non-hydrogen) atoms. The van der Waals surface area contributed by atoms with Crippen LogP contribution in [0, 0.1) is 5.92 Å². The second-order valence-electron chi connectivity index (χ2n) is 8.27. The minimum atomic E-state index is -2.81. The van der Waals surface area contributed by atoms with E-state index in [1.165, 1.54) is 5.56 Å². The van der Waals surface area contributed by atoms with Crippen LogP contribution in [0.5, 0.6) is 5.75 Å². The number of carbonyl (C=O) groups excluding carboxylic acids is 1. The van der Waals surface area contributed by atoms with E-state index in [4.69, 9.17) is 0 Å². The Morgan fingerprint density at radius 3 is 2.61 bits per heavy atom. The van der Waals surface area contributed by atoms with Gasteiger partial charge in [0.2, 0.25) is 0 Å². The second kappa shape index (κ2) is 11.0. The Bertz CT molecular complexity index is 884. The van der Waals surface area contributed by atoms with E-state index < -0.39 is 6.61 Å². The van der Waals surface area contributed by atoms with Gasteiger partial charge in [-0.25, -0.2) is 0 Å². The van der Waals surface area contributed by atoms with Gasteiger partial charge in [-0.15, -0.1) is 0 Å². The maximum atomic E-state index is 12.5. The molecule has 0 aromatic heterocycles. The average molecular weight is 495 g/mol. The van der Waals surface area contributed by atoms with Crippen molar-refractivity contribution >= 4 is 21.8 Å². The van der Waals surface area contributed by atoms with Crippen LogP contribution in [0.15, 0.2) is 46.9 Å². The molecule has 4 nitrogen and oxygen atoms in total. The SMILES string of the molecule is CN(C)C(=O)c1cccc(CCN2CCC(Cc3cc(OC(F)F)ccc3Br)CC2)c1. The molecule has 0 radical (unpaired) electrons. The van der Waals surface area contributed by atoms with Crippen LogP contribution in [0.4, 0.5) is 8.78 Å². The quantitative estimate of drug-likeness (QED) is 0.502. The number of halogens is 3. The van der Waals surface area contributed by atoms with E-state index >= 15 is 0 Å². The molecular formula is C24H29BrF2N2O2. The van der Waals surface area contributed by atoms with Gasteiger partial charge in [-0.2, -0.15) is 8.78 Å². The molecule has 0 bridgehead atoms. The van der Waals surface area contributed by atoms with Crippen LogP contribution in [0.1, 0.15) is 34.3 Å². The number of ether oxygens (including phenoxy) is 1. The molecule has 0 spiro atoms. The maximum absolute atomic E-state index is 12.5. The van der Waals surface area contributed by atoms with E-state index in [0.29, 0.717) is 5.92 Å². The van der Waals surface area contributed by atoms with Gasteiger partial charge in [-0.3, -0.25) is 4.79 Å². The van der Waals surface area contributed by atoms with E-state index in [2.05, 4.69) is 31.6 Å². The summed E-state index contributed by atoms with van der Waals surface area (Å²) in [5.41, 5.74) is 2.92. The van der Waals surface area contributed by atoms with E-state index in [9.17, 15) is 13.6 Å². The molecule has 168 valence electrons. The number of amides is 1. The lowest BCUT2D eigenvalue weighted by molar-refractivity contribution is -0.0499. The molecule has 0 unspecified atom stereocenters. The minimum absolute atomic E-state index is 0.0249. The lowest BCUT2D eigenvalue weighted by atomic mass is 9.90. The molecular weight excluding hydrogens is 466 g/mol. The van der Waals surface area contributed by atoms with E-state index in [-0.39, 0.29) is 11.7 Å². The number of hydrogen-bond acceptors (Lipinski definition) is 3. The number of carbonyl (C=O) groups is 1. The smallest absolute Gasteiger partial charge is 0.387 e. The Morgan fingerprint density at radius 2 is 1.94 bits per heavy atom. The number of hydrogen-bond donors (Lipinski definition) is 0. The Hall–Kier alpha value is -1.99. The molecule has 0 aliphatic carbocycles. The van der Waals surface area contributed by atoms with Gasteiger partial charge >= 0.3 is 6.61 Å². The highest BCUT2D eigenvalue weighted by atomic mass is 79.9. The Balaban J connectivity index is 1.48. The van der Waals surface area contributed by atoms with Crippen LogP contribution in [0.3, 0.4) is 0 Å². The molecule has 1 fully saturated rings. The fourth-order valence-electron chi connectivity index (χ4n) is 4.01. The molecule has 0 N–H and O–H groups in total. The molecule has 1 saturated heterocycles. The van der Waals surface area contributed by atoms with Gasteiger partial charge < -0.3 is 14.5 Å². The summed E-state index contributed by atoms with van der Waals surface area (Å²) in [7, 11) is 3.53. The maximum Gasteiger partial charge on any atom is 0.387 e. The van der Waals surface area contributed by atoms with Crippen molar-refractivity contribution in [2.75, 3.05) is 33.7 Å². The van der Waals surface area contributed by atoms with Gasteiger partial charge in [0.15, 0.2) is 0 Å². The van der Waals surface area contributed by atoms with Crippen LogP contribution in [0.2, 0.25) is 0 Å². The molecule has 1 aliphatic rings. The van der Waals surface area contributed by atoms with Crippen molar-refractivity contribution in [1.29, 1.82) is 0 Å². The topological polar surface area (TPSA) is 32.8 Å². The monoisotopic (exact) mass is 494 g/mol. The van der Waals surface area contributed by atoms with E-state index in [0.717, 1.165) is 60.9 Å². The normalized spacial score (nSPS) is 15.3. The molecule has 0 saturated carbocycles. The molecule has 1 heterocycles. The van der Waals surface area contributed by atoms with Gasteiger partial charge in [0.1, 0.15) is 5.75 Å². The van der Waals surface area contributed by atoms with E-state index in [1.54, 1.807) is 37.2 Å². The first-order valence-electron chi connectivity index (χ1n) is 10.6. The predicted octanol–water partition coefficient (Wildman–Crippen LogP) is 5.25. The van der Waals surface area contributed by atoms with Crippen LogP contribution in [-0.2, 0) is 12.8 Å². The Kier molecular flexibility index (Phi) is 8.43. The standard InChI is InChI=1S/C24H29BrF2N2O2/c1-28(2)23(30)19-5-3-4-17(14-19)8-11-29-12-9-18(10-13-29)15-20-16-21(31-24(26)27)6-7-22(20)25/h3-7,14,16,18,24H,8-13,15H2,1-2H3. The van der Waals surface area contributed by atoms with Crippen LogP contribution in [-0.4, -0.2) is 56.0 Å². The largest absolute Gasteiger partial charge is 0.435 e.